The minimum absolute atomic E-state index is 0.0245. The number of hydrogen-bond donors (Lipinski definition) is 0. The first-order valence-corrected chi connectivity index (χ1v) is 13.5. The molecule has 2 nitrogen and oxygen atoms in total. The Morgan fingerprint density at radius 2 is 1.57 bits per heavy atom. The van der Waals surface area contributed by atoms with Crippen LogP contribution in [0.5, 0.6) is 11.5 Å². The smallest absolute Gasteiger partial charge is 0.405 e. The van der Waals surface area contributed by atoms with Crippen LogP contribution in [0.1, 0.15) is 107 Å². The van der Waals surface area contributed by atoms with Gasteiger partial charge in [0.15, 0.2) is 11.5 Å². The van der Waals surface area contributed by atoms with Crippen LogP contribution in [0.25, 0.3) is 0 Å². The Balaban J connectivity index is 1.41. The van der Waals surface area contributed by atoms with Crippen LogP contribution >= 0.6 is 0 Å². The van der Waals surface area contributed by atoms with Gasteiger partial charge in [-0.3, -0.25) is 0 Å². The first-order valence-electron chi connectivity index (χ1n) is 13.5. The van der Waals surface area contributed by atoms with E-state index in [9.17, 15) is 4.39 Å². The molecule has 1 aliphatic carbocycles. The summed E-state index contributed by atoms with van der Waals surface area (Å²) in [4.78, 5) is 0. The number of ether oxygens (including phenoxy) is 2. The topological polar surface area (TPSA) is 18.5 Å². The van der Waals surface area contributed by atoms with E-state index in [2.05, 4.69) is 6.92 Å². The summed E-state index contributed by atoms with van der Waals surface area (Å²) < 4.78 is 55.3. The van der Waals surface area contributed by atoms with Gasteiger partial charge in [0.25, 0.3) is 0 Å². The lowest BCUT2D eigenvalue weighted by atomic mass is 9.76. The molecule has 0 bridgehead atoms. The summed E-state index contributed by atoms with van der Waals surface area (Å²) in [6.45, 7) is 4.59. The lowest BCUT2D eigenvalue weighted by Crippen LogP contribution is -2.38. The van der Waals surface area contributed by atoms with Crippen molar-refractivity contribution >= 4 is 0 Å². The summed E-state index contributed by atoms with van der Waals surface area (Å²) >= 11 is 0. The standard InChI is InChI=1S/C30H39F3O2/c1-3-5-7-8-21-9-11-22(12-10-21)23-13-15-24(16-14-23)26-20-25-17-18-27(34-19-6-4-2)28(31)29(25)35-30(26,32)33/h13-18,21-22,26H,3-12,19-20H2,1-2H3. The molecule has 0 amide bonds. The molecular formula is C30H39F3O2. The van der Waals surface area contributed by atoms with Crippen LogP contribution < -0.4 is 9.47 Å². The summed E-state index contributed by atoms with van der Waals surface area (Å²) in [6, 6.07) is 10.8. The fourth-order valence-electron chi connectivity index (χ4n) is 5.61. The second-order valence-corrected chi connectivity index (χ2v) is 10.4. The minimum atomic E-state index is -3.49. The van der Waals surface area contributed by atoms with Crippen molar-refractivity contribution in [2.75, 3.05) is 6.61 Å². The van der Waals surface area contributed by atoms with Crippen molar-refractivity contribution in [1.29, 1.82) is 0 Å². The molecule has 0 radical (unpaired) electrons. The highest BCUT2D eigenvalue weighted by Crippen LogP contribution is 2.47. The number of halogens is 3. The number of unbranched alkanes of at least 4 members (excludes halogenated alkanes) is 3. The fourth-order valence-corrected chi connectivity index (χ4v) is 5.61. The molecule has 1 saturated carbocycles. The molecule has 2 aliphatic rings. The summed E-state index contributed by atoms with van der Waals surface area (Å²) in [7, 11) is 0. The van der Waals surface area contributed by atoms with Crippen molar-refractivity contribution in [3.8, 4) is 11.5 Å². The van der Waals surface area contributed by atoms with Gasteiger partial charge < -0.3 is 9.47 Å². The fraction of sp³-hybridized carbons (Fsp3) is 0.600. The van der Waals surface area contributed by atoms with Crippen molar-refractivity contribution in [2.45, 2.75) is 102 Å². The predicted molar refractivity (Wildman–Crippen MR) is 134 cm³/mol. The largest absolute Gasteiger partial charge is 0.490 e. The van der Waals surface area contributed by atoms with Crippen LogP contribution in [0.2, 0.25) is 0 Å². The van der Waals surface area contributed by atoms with Gasteiger partial charge in [0.1, 0.15) is 0 Å². The van der Waals surface area contributed by atoms with E-state index in [0.717, 1.165) is 18.8 Å². The lowest BCUT2D eigenvalue weighted by molar-refractivity contribution is -0.203. The number of benzene rings is 2. The van der Waals surface area contributed by atoms with E-state index in [1.165, 1.54) is 63.0 Å². The molecule has 2 aromatic carbocycles. The predicted octanol–water partition coefficient (Wildman–Crippen LogP) is 9.17. The summed E-state index contributed by atoms with van der Waals surface area (Å²) in [5, 5.41) is 0. The van der Waals surface area contributed by atoms with Gasteiger partial charge in [-0.05, 0) is 73.1 Å². The van der Waals surface area contributed by atoms with Crippen LogP contribution in [0.3, 0.4) is 0 Å². The monoisotopic (exact) mass is 488 g/mol. The first-order chi connectivity index (χ1) is 16.9. The Labute approximate surface area is 208 Å². The zero-order valence-electron chi connectivity index (χ0n) is 21.1. The van der Waals surface area contributed by atoms with Gasteiger partial charge in [0, 0.05) is 0 Å². The quantitative estimate of drug-likeness (QED) is 0.310. The highest BCUT2D eigenvalue weighted by atomic mass is 19.3. The van der Waals surface area contributed by atoms with E-state index in [4.69, 9.17) is 9.47 Å². The average Bonchev–Trinajstić information content (AvgIpc) is 2.86. The second-order valence-electron chi connectivity index (χ2n) is 10.4. The van der Waals surface area contributed by atoms with E-state index < -0.39 is 17.8 Å². The molecule has 0 N–H and O–H groups in total. The van der Waals surface area contributed by atoms with Gasteiger partial charge in [-0.25, -0.2) is 0 Å². The van der Waals surface area contributed by atoms with E-state index in [-0.39, 0.29) is 17.9 Å². The molecule has 1 atom stereocenters. The Hall–Kier alpha value is -2.17. The van der Waals surface area contributed by atoms with Crippen molar-refractivity contribution in [3.05, 3.63) is 58.9 Å². The molecule has 192 valence electrons. The molecule has 5 heteroatoms. The third kappa shape index (κ3) is 6.16. The molecule has 0 saturated heterocycles. The summed E-state index contributed by atoms with van der Waals surface area (Å²) in [6.07, 6.45) is 8.34. The normalized spacial score (nSPS) is 23.4. The van der Waals surface area contributed by atoms with Gasteiger partial charge >= 0.3 is 6.11 Å². The molecule has 1 fully saturated rings. The Morgan fingerprint density at radius 1 is 0.886 bits per heavy atom. The van der Waals surface area contributed by atoms with E-state index in [0.29, 0.717) is 23.7 Å². The van der Waals surface area contributed by atoms with Crippen molar-refractivity contribution in [3.63, 3.8) is 0 Å². The number of fused-ring (bicyclic) bond motifs is 1. The van der Waals surface area contributed by atoms with Crippen molar-refractivity contribution in [1.82, 2.24) is 0 Å². The maximum atomic E-state index is 15.0. The zero-order chi connectivity index (χ0) is 24.8. The van der Waals surface area contributed by atoms with Gasteiger partial charge in [0.2, 0.25) is 5.82 Å². The SMILES string of the molecule is CCCCCC1CCC(c2ccc(C3Cc4ccc(OCCCC)c(F)c4OC3(F)F)cc2)CC1. The molecule has 1 aliphatic heterocycles. The van der Waals surface area contributed by atoms with Gasteiger partial charge in [0.05, 0.1) is 12.5 Å². The Kier molecular flexibility index (Phi) is 8.67. The van der Waals surface area contributed by atoms with Crippen LogP contribution in [0.15, 0.2) is 36.4 Å². The summed E-state index contributed by atoms with van der Waals surface area (Å²) in [5.41, 5.74) is 2.22. The third-order valence-electron chi connectivity index (χ3n) is 7.84. The van der Waals surface area contributed by atoms with Crippen LogP contribution in [-0.4, -0.2) is 12.7 Å². The highest BCUT2D eigenvalue weighted by molar-refractivity contribution is 5.46. The first kappa shape index (κ1) is 25.9. The lowest BCUT2D eigenvalue weighted by Gasteiger charge is -2.34. The maximum Gasteiger partial charge on any atom is 0.405 e. The average molecular weight is 489 g/mol. The minimum Gasteiger partial charge on any atom is -0.490 e. The highest BCUT2D eigenvalue weighted by Gasteiger charge is 2.48. The molecule has 1 heterocycles. The van der Waals surface area contributed by atoms with Gasteiger partial charge in [-0.2, -0.15) is 13.2 Å². The third-order valence-corrected chi connectivity index (χ3v) is 7.84. The summed E-state index contributed by atoms with van der Waals surface area (Å²) in [5.74, 6) is -1.05. The molecule has 0 aromatic heterocycles. The molecule has 35 heavy (non-hydrogen) atoms. The van der Waals surface area contributed by atoms with Crippen LogP contribution in [-0.2, 0) is 6.42 Å². The molecular weight excluding hydrogens is 449 g/mol. The second kappa shape index (κ2) is 11.7. The Bertz CT molecular complexity index is 949. The zero-order valence-corrected chi connectivity index (χ0v) is 21.1. The molecule has 4 rings (SSSR count). The van der Waals surface area contributed by atoms with E-state index >= 15 is 8.78 Å². The Morgan fingerprint density at radius 3 is 2.26 bits per heavy atom. The van der Waals surface area contributed by atoms with E-state index in [1.807, 2.05) is 31.2 Å². The van der Waals surface area contributed by atoms with Crippen LogP contribution in [0.4, 0.5) is 13.2 Å². The van der Waals surface area contributed by atoms with Gasteiger partial charge in [-0.15, -0.1) is 0 Å². The number of rotatable bonds is 10. The number of alkyl halides is 2. The van der Waals surface area contributed by atoms with E-state index in [1.54, 1.807) is 6.07 Å². The van der Waals surface area contributed by atoms with Crippen molar-refractivity contribution < 1.29 is 22.6 Å². The van der Waals surface area contributed by atoms with Crippen LogP contribution in [0, 0.1) is 11.7 Å². The van der Waals surface area contributed by atoms with Crippen molar-refractivity contribution in [2.24, 2.45) is 5.92 Å². The maximum absolute atomic E-state index is 15.0. The number of hydrogen-bond acceptors (Lipinski definition) is 2. The molecule has 1 unspecified atom stereocenters. The van der Waals surface area contributed by atoms with Gasteiger partial charge in [-0.1, -0.05) is 76.3 Å². The molecule has 2 aromatic rings. The molecule has 0 spiro atoms.